The molecule has 1 aliphatic rings. The molecule has 1 fully saturated rings. The van der Waals surface area contributed by atoms with Gasteiger partial charge >= 0.3 is 0 Å². The molecule has 2 aromatic rings. The number of benzene rings is 2. The number of imide groups is 1. The summed E-state index contributed by atoms with van der Waals surface area (Å²) >= 11 is 0. The summed E-state index contributed by atoms with van der Waals surface area (Å²) in [6.07, 6.45) is 0.432. The first-order chi connectivity index (χ1) is 11.5. The van der Waals surface area contributed by atoms with Gasteiger partial charge in [0.05, 0.1) is 12.8 Å². The number of aryl methyl sites for hydroxylation is 1. The molecule has 0 aliphatic carbocycles. The van der Waals surface area contributed by atoms with Crippen molar-refractivity contribution in [1.29, 1.82) is 0 Å². The minimum atomic E-state index is -0.426. The first kappa shape index (κ1) is 16.2. The van der Waals surface area contributed by atoms with Crippen LogP contribution in [0.4, 0.5) is 10.1 Å². The van der Waals surface area contributed by atoms with Crippen molar-refractivity contribution in [3.63, 3.8) is 0 Å². The van der Waals surface area contributed by atoms with E-state index < -0.39 is 5.82 Å². The van der Waals surface area contributed by atoms with Crippen LogP contribution >= 0.6 is 0 Å². The molecule has 2 amide bonds. The van der Waals surface area contributed by atoms with Gasteiger partial charge < -0.3 is 4.74 Å². The topological polar surface area (TPSA) is 46.6 Å². The van der Waals surface area contributed by atoms with Crippen LogP contribution in [0.2, 0.25) is 0 Å². The fourth-order valence-corrected chi connectivity index (χ4v) is 2.94. The number of carbonyl (C=O) groups is 2. The summed E-state index contributed by atoms with van der Waals surface area (Å²) in [5.41, 5.74) is 1.69. The molecule has 4 nitrogen and oxygen atoms in total. The molecule has 0 spiro atoms. The number of halogens is 1. The zero-order chi connectivity index (χ0) is 17.3. The van der Waals surface area contributed by atoms with Gasteiger partial charge in [-0.25, -0.2) is 4.39 Å². The lowest BCUT2D eigenvalue weighted by molar-refractivity contribution is -0.129. The third kappa shape index (κ3) is 3.02. The summed E-state index contributed by atoms with van der Waals surface area (Å²) in [5, 5.41) is 0. The lowest BCUT2D eigenvalue weighted by Crippen LogP contribution is -2.42. The zero-order valence-electron chi connectivity index (χ0n) is 13.6. The predicted molar refractivity (Wildman–Crippen MR) is 88.6 cm³/mol. The Morgan fingerprint density at radius 1 is 1.04 bits per heavy atom. The Morgan fingerprint density at radius 2 is 1.67 bits per heavy atom. The number of anilines is 1. The van der Waals surface area contributed by atoms with Gasteiger partial charge in [0, 0.05) is 18.8 Å². The molecule has 0 atom stereocenters. The normalized spacial score (nSPS) is 15.7. The largest absolute Gasteiger partial charge is 0.497 e. The average Bonchev–Trinajstić information content (AvgIpc) is 2.57. The number of hydrogen-bond donors (Lipinski definition) is 0. The number of rotatable bonds is 3. The van der Waals surface area contributed by atoms with E-state index in [4.69, 9.17) is 4.74 Å². The van der Waals surface area contributed by atoms with Gasteiger partial charge in [-0.15, -0.1) is 0 Å². The summed E-state index contributed by atoms with van der Waals surface area (Å²) in [6.45, 7) is 1.64. The number of methoxy groups -OCH3 is 1. The molecular formula is C19H18FNO3. The van der Waals surface area contributed by atoms with Crippen LogP contribution < -0.4 is 9.64 Å². The molecular weight excluding hydrogens is 309 g/mol. The first-order valence-electron chi connectivity index (χ1n) is 7.75. The smallest absolute Gasteiger partial charge is 0.234 e. The summed E-state index contributed by atoms with van der Waals surface area (Å²) in [6, 6.07) is 11.8. The van der Waals surface area contributed by atoms with Gasteiger partial charge in [-0.3, -0.25) is 14.5 Å². The van der Waals surface area contributed by atoms with Crippen LogP contribution in [-0.4, -0.2) is 18.9 Å². The van der Waals surface area contributed by atoms with E-state index in [-0.39, 0.29) is 30.6 Å². The predicted octanol–water partition coefficient (Wildman–Crippen LogP) is 3.58. The highest BCUT2D eigenvalue weighted by molar-refractivity contribution is 6.17. The van der Waals surface area contributed by atoms with E-state index in [1.165, 1.54) is 6.07 Å². The van der Waals surface area contributed by atoms with Gasteiger partial charge in [-0.1, -0.05) is 18.2 Å². The van der Waals surface area contributed by atoms with Gasteiger partial charge in [0.1, 0.15) is 11.6 Å². The van der Waals surface area contributed by atoms with Crippen molar-refractivity contribution >= 4 is 17.5 Å². The zero-order valence-corrected chi connectivity index (χ0v) is 13.6. The maximum atomic E-state index is 13.7. The third-order valence-corrected chi connectivity index (χ3v) is 4.34. The fraction of sp³-hybridized carbons (Fsp3) is 0.263. The van der Waals surface area contributed by atoms with E-state index in [2.05, 4.69) is 0 Å². The van der Waals surface area contributed by atoms with Crippen LogP contribution in [0, 0.1) is 12.7 Å². The van der Waals surface area contributed by atoms with Gasteiger partial charge in [-0.05, 0) is 42.3 Å². The Kier molecular flexibility index (Phi) is 4.34. The molecule has 1 heterocycles. The van der Waals surface area contributed by atoms with Crippen LogP contribution in [0.25, 0.3) is 0 Å². The lowest BCUT2D eigenvalue weighted by atomic mass is 9.88. The number of hydrogen-bond acceptors (Lipinski definition) is 3. The maximum absolute atomic E-state index is 13.7. The van der Waals surface area contributed by atoms with E-state index in [0.29, 0.717) is 11.3 Å². The Balaban J connectivity index is 1.82. The van der Waals surface area contributed by atoms with Crippen molar-refractivity contribution in [2.24, 2.45) is 0 Å². The minimum absolute atomic E-state index is 0.164. The summed E-state index contributed by atoms with van der Waals surface area (Å²) in [5.74, 6) is -0.484. The van der Waals surface area contributed by atoms with Crippen molar-refractivity contribution in [2.45, 2.75) is 25.7 Å². The molecule has 0 N–H and O–H groups in total. The molecule has 0 aromatic heterocycles. The van der Waals surface area contributed by atoms with Crippen molar-refractivity contribution in [1.82, 2.24) is 0 Å². The molecule has 0 radical (unpaired) electrons. The molecule has 124 valence electrons. The summed E-state index contributed by atoms with van der Waals surface area (Å²) < 4.78 is 18.9. The molecule has 1 aliphatic heterocycles. The number of carbonyl (C=O) groups excluding carboxylic acids is 2. The van der Waals surface area contributed by atoms with Crippen LogP contribution in [0.5, 0.6) is 5.75 Å². The van der Waals surface area contributed by atoms with Crippen LogP contribution in [0.15, 0.2) is 42.5 Å². The molecule has 0 bridgehead atoms. The minimum Gasteiger partial charge on any atom is -0.497 e. The number of amides is 2. The summed E-state index contributed by atoms with van der Waals surface area (Å²) in [7, 11) is 1.58. The molecule has 5 heteroatoms. The molecule has 0 unspecified atom stereocenters. The van der Waals surface area contributed by atoms with E-state index in [1.807, 2.05) is 24.3 Å². The second-order valence-electron chi connectivity index (χ2n) is 5.93. The van der Waals surface area contributed by atoms with Gasteiger partial charge in [0.2, 0.25) is 11.8 Å². The van der Waals surface area contributed by atoms with E-state index in [1.54, 1.807) is 26.2 Å². The quantitative estimate of drug-likeness (QED) is 0.810. The van der Waals surface area contributed by atoms with Crippen LogP contribution in [0.3, 0.4) is 0 Å². The van der Waals surface area contributed by atoms with E-state index in [0.717, 1.165) is 16.2 Å². The number of piperidine rings is 1. The van der Waals surface area contributed by atoms with E-state index in [9.17, 15) is 14.0 Å². The van der Waals surface area contributed by atoms with Crippen molar-refractivity contribution < 1.29 is 18.7 Å². The monoisotopic (exact) mass is 327 g/mol. The van der Waals surface area contributed by atoms with Gasteiger partial charge in [-0.2, -0.15) is 0 Å². The lowest BCUT2D eigenvalue weighted by Gasteiger charge is -2.30. The van der Waals surface area contributed by atoms with E-state index >= 15 is 0 Å². The molecule has 0 saturated carbocycles. The van der Waals surface area contributed by atoms with Crippen LogP contribution in [-0.2, 0) is 9.59 Å². The Labute approximate surface area is 139 Å². The van der Waals surface area contributed by atoms with Crippen LogP contribution in [0.1, 0.15) is 29.9 Å². The van der Waals surface area contributed by atoms with Crippen molar-refractivity contribution in [2.75, 3.05) is 12.0 Å². The Morgan fingerprint density at radius 3 is 2.21 bits per heavy atom. The maximum Gasteiger partial charge on any atom is 0.234 e. The molecule has 1 saturated heterocycles. The number of nitrogens with zero attached hydrogens (tertiary/aromatic N) is 1. The van der Waals surface area contributed by atoms with Gasteiger partial charge in [0.15, 0.2) is 0 Å². The fourth-order valence-electron chi connectivity index (χ4n) is 2.94. The highest BCUT2D eigenvalue weighted by atomic mass is 19.1. The number of ether oxygens (including phenoxy) is 1. The highest BCUT2D eigenvalue weighted by Gasteiger charge is 2.34. The Bertz CT molecular complexity index is 768. The second kappa shape index (κ2) is 6.43. The molecule has 3 rings (SSSR count). The second-order valence-corrected chi connectivity index (χ2v) is 5.93. The SMILES string of the molecule is COc1ccc(C2CC(=O)N(c3ccc(C)c(F)c3)C(=O)C2)cc1. The Hall–Kier alpha value is -2.69. The van der Waals surface area contributed by atoms with Crippen molar-refractivity contribution in [3.05, 3.63) is 59.4 Å². The first-order valence-corrected chi connectivity index (χ1v) is 7.75. The molecule has 2 aromatic carbocycles. The average molecular weight is 327 g/mol. The highest BCUT2D eigenvalue weighted by Crippen LogP contribution is 2.33. The third-order valence-electron chi connectivity index (χ3n) is 4.34. The molecule has 24 heavy (non-hydrogen) atoms. The standard InChI is InChI=1S/C19H18FNO3/c1-12-3-6-15(11-17(12)20)21-18(22)9-14(10-19(21)23)13-4-7-16(24-2)8-5-13/h3-8,11,14H,9-10H2,1-2H3. The summed E-state index contributed by atoms with van der Waals surface area (Å²) in [4.78, 5) is 26.0. The van der Waals surface area contributed by atoms with Gasteiger partial charge in [0.25, 0.3) is 0 Å². The van der Waals surface area contributed by atoms with Crippen molar-refractivity contribution in [3.8, 4) is 5.75 Å².